The Hall–Kier alpha value is 0.140. The number of hydrogen-bond donors (Lipinski definition) is 0. The molecule has 0 saturated heterocycles. The van der Waals surface area contributed by atoms with Gasteiger partial charge < -0.3 is 0 Å². The van der Waals surface area contributed by atoms with E-state index < -0.39 is 0 Å². The Bertz CT molecular complexity index is 136. The van der Waals surface area contributed by atoms with Crippen LogP contribution in [0.2, 0.25) is 0 Å². The molecule has 9 heavy (non-hydrogen) atoms. The van der Waals surface area contributed by atoms with Crippen LogP contribution in [-0.4, -0.2) is 0 Å². The third kappa shape index (κ3) is 3.67. The van der Waals surface area contributed by atoms with Crippen LogP contribution in [0.5, 0.6) is 0 Å². The van der Waals surface area contributed by atoms with Crippen molar-refractivity contribution in [2.24, 2.45) is 0 Å². The van der Waals surface area contributed by atoms with Gasteiger partial charge >= 0.3 is 0 Å². The summed E-state index contributed by atoms with van der Waals surface area (Å²) in [5.41, 5.74) is 0.729. The minimum atomic E-state index is -0.0251. The van der Waals surface area contributed by atoms with E-state index in [9.17, 15) is 4.39 Å². The van der Waals surface area contributed by atoms with Crippen LogP contribution in [-0.2, 0) is 0 Å². The smallest absolute Gasteiger partial charge is 0.103 e. The minimum absolute atomic E-state index is 0.0251. The Labute approximate surface area is 69.0 Å². The van der Waals surface area contributed by atoms with Crippen molar-refractivity contribution in [2.75, 3.05) is 0 Å². The molecule has 0 rings (SSSR count). The zero-order chi connectivity index (χ0) is 7.28. The predicted molar refractivity (Wildman–Crippen MR) is 47.3 cm³/mol. The topological polar surface area (TPSA) is 0 Å². The summed E-state index contributed by atoms with van der Waals surface area (Å²) in [6.07, 6.45) is 2.26. The predicted octanol–water partition coefficient (Wildman–Crippen LogP) is 3.59. The molecule has 2 heteroatoms. The molecule has 0 unspecified atom stereocenters. The molecule has 0 aromatic heterocycles. The standard InChI is InChI=1S/C7H10FI/c1-3-7(8)6(2)4-5-9/h4-5H,3H2,1-2H3/b5-4-,7-6+. The summed E-state index contributed by atoms with van der Waals surface area (Å²) in [7, 11) is 0. The Morgan fingerprint density at radius 2 is 2.22 bits per heavy atom. The normalized spacial score (nSPS) is 14.2. The van der Waals surface area contributed by atoms with E-state index in [0.717, 1.165) is 5.57 Å². The molecule has 0 aliphatic heterocycles. The van der Waals surface area contributed by atoms with Gasteiger partial charge in [-0.2, -0.15) is 0 Å². The molecule has 0 nitrogen and oxygen atoms in total. The van der Waals surface area contributed by atoms with Gasteiger partial charge in [0.05, 0.1) is 0 Å². The summed E-state index contributed by atoms with van der Waals surface area (Å²) in [4.78, 5) is 0. The Kier molecular flexibility index (Phi) is 5.04. The van der Waals surface area contributed by atoms with Gasteiger partial charge in [0.1, 0.15) is 5.83 Å². The van der Waals surface area contributed by atoms with E-state index in [1.54, 1.807) is 19.9 Å². The highest BCUT2D eigenvalue weighted by Gasteiger charge is 1.92. The molecule has 0 saturated carbocycles. The third-order valence-electron chi connectivity index (χ3n) is 1.05. The molecule has 0 heterocycles. The number of halogens is 2. The van der Waals surface area contributed by atoms with Gasteiger partial charge in [-0.1, -0.05) is 35.6 Å². The number of hydrogen-bond acceptors (Lipinski definition) is 0. The highest BCUT2D eigenvalue weighted by Crippen LogP contribution is 2.10. The van der Waals surface area contributed by atoms with Gasteiger partial charge in [-0.15, -0.1) is 0 Å². The molecular weight excluding hydrogens is 230 g/mol. The summed E-state index contributed by atoms with van der Waals surface area (Å²) in [5.74, 6) is -0.0251. The Morgan fingerprint density at radius 3 is 2.56 bits per heavy atom. The largest absolute Gasteiger partial charge is 0.212 e. The van der Waals surface area contributed by atoms with Crippen LogP contribution < -0.4 is 0 Å². The lowest BCUT2D eigenvalue weighted by molar-refractivity contribution is 0.595. The zero-order valence-electron chi connectivity index (χ0n) is 5.62. The molecule has 52 valence electrons. The van der Waals surface area contributed by atoms with E-state index in [1.807, 2.05) is 4.08 Å². The highest BCUT2D eigenvalue weighted by atomic mass is 127. The summed E-state index contributed by atoms with van der Waals surface area (Å²) in [5, 5.41) is 0. The van der Waals surface area contributed by atoms with Crippen molar-refractivity contribution in [1.82, 2.24) is 0 Å². The van der Waals surface area contributed by atoms with E-state index in [-0.39, 0.29) is 5.83 Å². The van der Waals surface area contributed by atoms with Crippen molar-refractivity contribution >= 4 is 22.6 Å². The van der Waals surface area contributed by atoms with Crippen molar-refractivity contribution in [2.45, 2.75) is 20.3 Å². The molecule has 0 aromatic carbocycles. The second-order valence-electron chi connectivity index (χ2n) is 1.73. The summed E-state index contributed by atoms with van der Waals surface area (Å²) in [6, 6.07) is 0. The number of rotatable bonds is 2. The average Bonchev–Trinajstić information content (AvgIpc) is 1.87. The highest BCUT2D eigenvalue weighted by molar-refractivity contribution is 14.1. The van der Waals surface area contributed by atoms with Crippen LogP contribution in [0.1, 0.15) is 20.3 Å². The molecule has 0 spiro atoms. The van der Waals surface area contributed by atoms with Crippen LogP contribution in [0.4, 0.5) is 4.39 Å². The van der Waals surface area contributed by atoms with Gasteiger partial charge in [-0.3, -0.25) is 0 Å². The monoisotopic (exact) mass is 240 g/mol. The van der Waals surface area contributed by atoms with Gasteiger partial charge in [-0.25, -0.2) is 4.39 Å². The van der Waals surface area contributed by atoms with E-state index in [1.165, 1.54) is 0 Å². The molecule has 0 aromatic rings. The van der Waals surface area contributed by atoms with E-state index in [0.29, 0.717) is 6.42 Å². The van der Waals surface area contributed by atoms with E-state index >= 15 is 0 Å². The Morgan fingerprint density at radius 1 is 1.67 bits per heavy atom. The van der Waals surface area contributed by atoms with Crippen molar-refractivity contribution in [3.05, 3.63) is 21.6 Å². The molecule has 0 atom stereocenters. The van der Waals surface area contributed by atoms with Crippen molar-refractivity contribution in [3.8, 4) is 0 Å². The van der Waals surface area contributed by atoms with Gasteiger partial charge in [-0.05, 0) is 23.0 Å². The van der Waals surface area contributed by atoms with Crippen LogP contribution >= 0.6 is 22.6 Å². The first kappa shape index (κ1) is 9.14. The summed E-state index contributed by atoms with van der Waals surface area (Å²) < 4.78 is 14.3. The quantitative estimate of drug-likeness (QED) is 0.511. The van der Waals surface area contributed by atoms with Gasteiger partial charge in [0.15, 0.2) is 0 Å². The maximum absolute atomic E-state index is 12.5. The molecule has 0 bridgehead atoms. The van der Waals surface area contributed by atoms with Crippen LogP contribution in [0.25, 0.3) is 0 Å². The molecular formula is C7H10FI. The molecule has 0 amide bonds. The van der Waals surface area contributed by atoms with E-state index in [2.05, 4.69) is 22.6 Å². The minimum Gasteiger partial charge on any atom is -0.212 e. The lowest BCUT2D eigenvalue weighted by Gasteiger charge is -1.92. The van der Waals surface area contributed by atoms with Crippen molar-refractivity contribution < 1.29 is 4.39 Å². The Balaban J connectivity index is 4.10. The summed E-state index contributed by atoms with van der Waals surface area (Å²) in [6.45, 7) is 3.58. The first-order valence-corrected chi connectivity index (χ1v) is 4.09. The molecule has 0 N–H and O–H groups in total. The fourth-order valence-electron chi connectivity index (χ4n) is 0.464. The fourth-order valence-corrected chi connectivity index (χ4v) is 1.00. The maximum Gasteiger partial charge on any atom is 0.103 e. The molecule has 0 aliphatic carbocycles. The van der Waals surface area contributed by atoms with E-state index in [4.69, 9.17) is 0 Å². The van der Waals surface area contributed by atoms with Crippen LogP contribution in [0.15, 0.2) is 21.6 Å². The average molecular weight is 240 g/mol. The molecule has 0 aliphatic rings. The van der Waals surface area contributed by atoms with Crippen LogP contribution in [0.3, 0.4) is 0 Å². The molecule has 0 radical (unpaired) electrons. The first-order valence-electron chi connectivity index (χ1n) is 2.84. The maximum atomic E-state index is 12.5. The second kappa shape index (κ2) is 4.97. The first-order chi connectivity index (χ1) is 4.22. The fraction of sp³-hybridized carbons (Fsp3) is 0.429. The molecule has 0 fully saturated rings. The SMILES string of the molecule is CC/C(F)=C(C)\C=C/I. The van der Waals surface area contributed by atoms with Gasteiger partial charge in [0.25, 0.3) is 0 Å². The van der Waals surface area contributed by atoms with Crippen molar-refractivity contribution in [1.29, 1.82) is 0 Å². The lowest BCUT2D eigenvalue weighted by Crippen LogP contribution is -1.74. The summed E-state index contributed by atoms with van der Waals surface area (Å²) >= 11 is 2.07. The second-order valence-corrected chi connectivity index (χ2v) is 2.45. The third-order valence-corrected chi connectivity index (χ3v) is 1.41. The lowest BCUT2D eigenvalue weighted by atomic mass is 10.2. The van der Waals surface area contributed by atoms with Gasteiger partial charge in [0, 0.05) is 0 Å². The zero-order valence-corrected chi connectivity index (χ0v) is 7.78. The van der Waals surface area contributed by atoms with Crippen molar-refractivity contribution in [3.63, 3.8) is 0 Å². The number of allylic oxidation sites excluding steroid dienone is 3. The van der Waals surface area contributed by atoms with Gasteiger partial charge in [0.2, 0.25) is 0 Å². The van der Waals surface area contributed by atoms with Crippen LogP contribution in [0, 0.1) is 0 Å².